The molecule has 0 aliphatic heterocycles. The van der Waals surface area contributed by atoms with Gasteiger partial charge in [-0.1, -0.05) is 18.6 Å². The number of ether oxygens (including phenoxy) is 1. The standard InChI is InChI=1S/C12H15NO2/c1-8(10-5-6-10)9(2)15-12(14)11-4-3-7-13-11/h3-5,7-9,13H,6H2,1-2H3. The number of carbonyl (C=O) groups is 1. The predicted octanol–water partition coefficient (Wildman–Crippen LogP) is 2.53. The summed E-state index contributed by atoms with van der Waals surface area (Å²) in [6.07, 6.45) is 4.90. The van der Waals surface area contributed by atoms with Crippen molar-refractivity contribution < 1.29 is 9.53 Å². The van der Waals surface area contributed by atoms with Crippen molar-refractivity contribution in [1.29, 1.82) is 0 Å². The molecule has 0 saturated carbocycles. The van der Waals surface area contributed by atoms with Crippen LogP contribution in [0.5, 0.6) is 0 Å². The number of carbonyl (C=O) groups excluding carboxylic acids is 1. The third kappa shape index (κ3) is 2.29. The number of allylic oxidation sites excluding steroid dienone is 1. The Hall–Kier alpha value is -1.51. The molecule has 80 valence electrons. The van der Waals surface area contributed by atoms with Crippen LogP contribution in [0, 0.1) is 5.92 Å². The average Bonchev–Trinajstić information content (AvgIpc) is 2.91. The monoisotopic (exact) mass is 205 g/mol. The molecule has 0 radical (unpaired) electrons. The zero-order valence-corrected chi connectivity index (χ0v) is 8.99. The molecule has 2 unspecified atom stereocenters. The summed E-state index contributed by atoms with van der Waals surface area (Å²) >= 11 is 0. The maximum absolute atomic E-state index is 11.6. The van der Waals surface area contributed by atoms with E-state index in [0.29, 0.717) is 11.6 Å². The number of H-pyrrole nitrogens is 1. The zero-order chi connectivity index (χ0) is 10.8. The highest BCUT2D eigenvalue weighted by Gasteiger charge is 2.24. The first kappa shape index (κ1) is 10.0. The lowest BCUT2D eigenvalue weighted by Gasteiger charge is -2.18. The number of nitrogens with one attached hydrogen (secondary N) is 1. The van der Waals surface area contributed by atoms with E-state index >= 15 is 0 Å². The maximum Gasteiger partial charge on any atom is 0.355 e. The molecule has 1 aromatic heterocycles. The van der Waals surface area contributed by atoms with Gasteiger partial charge in [-0.25, -0.2) is 4.79 Å². The van der Waals surface area contributed by atoms with Crippen molar-refractivity contribution in [2.75, 3.05) is 0 Å². The molecular weight excluding hydrogens is 190 g/mol. The van der Waals surface area contributed by atoms with E-state index in [-0.39, 0.29) is 12.1 Å². The molecule has 3 nitrogen and oxygen atoms in total. The van der Waals surface area contributed by atoms with Gasteiger partial charge in [-0.3, -0.25) is 0 Å². The van der Waals surface area contributed by atoms with Crippen molar-refractivity contribution in [2.24, 2.45) is 5.92 Å². The summed E-state index contributed by atoms with van der Waals surface area (Å²) in [6, 6.07) is 3.50. The minimum absolute atomic E-state index is 0.0606. The van der Waals surface area contributed by atoms with E-state index in [1.165, 1.54) is 5.57 Å². The Labute approximate surface area is 89.1 Å². The second-order valence-electron chi connectivity index (χ2n) is 3.97. The molecule has 0 fully saturated rings. The lowest BCUT2D eigenvalue weighted by molar-refractivity contribution is 0.0253. The fourth-order valence-electron chi connectivity index (χ4n) is 1.52. The first-order chi connectivity index (χ1) is 7.18. The highest BCUT2D eigenvalue weighted by molar-refractivity contribution is 5.87. The molecule has 1 heterocycles. The lowest BCUT2D eigenvalue weighted by Crippen LogP contribution is -2.22. The van der Waals surface area contributed by atoms with Crippen molar-refractivity contribution in [3.8, 4) is 0 Å². The van der Waals surface area contributed by atoms with E-state index < -0.39 is 0 Å². The first-order valence-electron chi connectivity index (χ1n) is 5.22. The average molecular weight is 205 g/mol. The van der Waals surface area contributed by atoms with E-state index in [4.69, 9.17) is 4.74 Å². The van der Waals surface area contributed by atoms with Gasteiger partial charge >= 0.3 is 5.97 Å². The summed E-state index contributed by atoms with van der Waals surface area (Å²) < 4.78 is 5.35. The molecule has 1 aliphatic carbocycles. The summed E-state index contributed by atoms with van der Waals surface area (Å²) in [4.78, 5) is 14.4. The fraction of sp³-hybridized carbons (Fsp3) is 0.417. The van der Waals surface area contributed by atoms with Crippen LogP contribution in [-0.2, 0) is 4.74 Å². The van der Waals surface area contributed by atoms with Crippen molar-refractivity contribution in [2.45, 2.75) is 26.4 Å². The van der Waals surface area contributed by atoms with Crippen LogP contribution in [0.3, 0.4) is 0 Å². The fourth-order valence-corrected chi connectivity index (χ4v) is 1.52. The predicted molar refractivity (Wildman–Crippen MR) is 57.5 cm³/mol. The molecule has 1 N–H and O–H groups in total. The van der Waals surface area contributed by atoms with Gasteiger partial charge < -0.3 is 9.72 Å². The number of aromatic amines is 1. The van der Waals surface area contributed by atoms with Crippen molar-refractivity contribution in [3.05, 3.63) is 35.7 Å². The number of rotatable bonds is 4. The van der Waals surface area contributed by atoms with Crippen LogP contribution < -0.4 is 0 Å². The number of hydrogen-bond acceptors (Lipinski definition) is 2. The third-order valence-corrected chi connectivity index (χ3v) is 2.84. The van der Waals surface area contributed by atoms with Crippen molar-refractivity contribution in [1.82, 2.24) is 4.98 Å². The molecule has 15 heavy (non-hydrogen) atoms. The molecule has 2 atom stereocenters. The van der Waals surface area contributed by atoms with Gasteiger partial charge in [0.05, 0.1) is 0 Å². The Balaban J connectivity index is 1.91. The van der Waals surface area contributed by atoms with Crippen molar-refractivity contribution >= 4 is 5.97 Å². The van der Waals surface area contributed by atoms with Gasteiger partial charge in [-0.2, -0.15) is 0 Å². The molecule has 0 bridgehead atoms. The molecule has 0 saturated heterocycles. The van der Waals surface area contributed by atoms with Gasteiger partial charge in [-0.15, -0.1) is 0 Å². The highest BCUT2D eigenvalue weighted by atomic mass is 16.5. The smallest absolute Gasteiger partial charge is 0.355 e. The molecule has 1 aromatic rings. The number of hydrogen-bond donors (Lipinski definition) is 1. The minimum Gasteiger partial charge on any atom is -0.457 e. The molecule has 0 spiro atoms. The Morgan fingerprint density at radius 3 is 2.80 bits per heavy atom. The number of esters is 1. The molecular formula is C12H15NO2. The Morgan fingerprint density at radius 1 is 1.53 bits per heavy atom. The second-order valence-corrected chi connectivity index (χ2v) is 3.97. The minimum atomic E-state index is -0.277. The van der Waals surface area contributed by atoms with Crippen LogP contribution in [0.1, 0.15) is 30.8 Å². The first-order valence-corrected chi connectivity index (χ1v) is 5.22. The Morgan fingerprint density at radius 2 is 2.27 bits per heavy atom. The normalized spacial score (nSPS) is 17.9. The Kier molecular flexibility index (Phi) is 2.62. The zero-order valence-electron chi connectivity index (χ0n) is 8.99. The van der Waals surface area contributed by atoms with Crippen LogP contribution in [0.2, 0.25) is 0 Å². The lowest BCUT2D eigenvalue weighted by atomic mass is 10.0. The van der Waals surface area contributed by atoms with E-state index in [9.17, 15) is 4.79 Å². The van der Waals surface area contributed by atoms with Gasteiger partial charge in [0, 0.05) is 12.1 Å². The van der Waals surface area contributed by atoms with Crippen LogP contribution >= 0.6 is 0 Å². The van der Waals surface area contributed by atoms with E-state index in [2.05, 4.69) is 18.0 Å². The van der Waals surface area contributed by atoms with Crippen LogP contribution in [-0.4, -0.2) is 17.1 Å². The van der Waals surface area contributed by atoms with Crippen LogP contribution in [0.15, 0.2) is 30.0 Å². The quantitative estimate of drug-likeness (QED) is 0.606. The molecule has 3 heteroatoms. The Bertz CT molecular complexity index is 378. The van der Waals surface area contributed by atoms with Crippen molar-refractivity contribution in [3.63, 3.8) is 0 Å². The molecule has 1 aliphatic rings. The van der Waals surface area contributed by atoms with Gasteiger partial charge in [0.2, 0.25) is 0 Å². The molecule has 2 rings (SSSR count). The van der Waals surface area contributed by atoms with Crippen LogP contribution in [0.25, 0.3) is 0 Å². The second kappa shape index (κ2) is 3.93. The van der Waals surface area contributed by atoms with Gasteiger partial charge in [-0.05, 0) is 25.5 Å². The van der Waals surface area contributed by atoms with Crippen LogP contribution in [0.4, 0.5) is 0 Å². The molecule has 0 aromatic carbocycles. The van der Waals surface area contributed by atoms with Gasteiger partial charge in [0.15, 0.2) is 0 Å². The van der Waals surface area contributed by atoms with Gasteiger partial charge in [0.1, 0.15) is 11.8 Å². The van der Waals surface area contributed by atoms with Gasteiger partial charge in [0.25, 0.3) is 0 Å². The topological polar surface area (TPSA) is 42.1 Å². The summed E-state index contributed by atoms with van der Waals surface area (Å²) in [5.41, 5.74) is 1.90. The van der Waals surface area contributed by atoms with E-state index in [0.717, 1.165) is 6.42 Å². The molecule has 0 amide bonds. The number of aromatic nitrogens is 1. The summed E-state index contributed by atoms with van der Waals surface area (Å²) in [7, 11) is 0. The summed E-state index contributed by atoms with van der Waals surface area (Å²) in [5.74, 6) is 0.0597. The highest BCUT2D eigenvalue weighted by Crippen LogP contribution is 2.30. The SMILES string of the molecule is CC(OC(=O)c1ccc[nH]1)C(C)C1=CC1. The summed E-state index contributed by atoms with van der Waals surface area (Å²) in [5, 5.41) is 0. The summed E-state index contributed by atoms with van der Waals surface area (Å²) in [6.45, 7) is 4.02. The maximum atomic E-state index is 11.6. The van der Waals surface area contributed by atoms with E-state index in [1.54, 1.807) is 18.3 Å². The largest absolute Gasteiger partial charge is 0.457 e. The third-order valence-electron chi connectivity index (χ3n) is 2.84. The van der Waals surface area contributed by atoms with E-state index in [1.807, 2.05) is 6.92 Å².